The van der Waals surface area contributed by atoms with E-state index < -0.39 is 12.3 Å². The van der Waals surface area contributed by atoms with Gasteiger partial charge in [0, 0.05) is 48.1 Å². The minimum Gasteiger partial charge on any atom is -0.507 e. The second kappa shape index (κ2) is 7.60. The predicted octanol–water partition coefficient (Wildman–Crippen LogP) is 3.77. The van der Waals surface area contributed by atoms with E-state index >= 15 is 4.39 Å². The molecule has 0 spiro atoms. The minimum atomic E-state index is -1.06. The second-order valence-electron chi connectivity index (χ2n) is 8.80. The van der Waals surface area contributed by atoms with Gasteiger partial charge in [-0.1, -0.05) is 0 Å². The largest absolute Gasteiger partial charge is 0.507 e. The van der Waals surface area contributed by atoms with Crippen LogP contribution < -0.4 is 4.74 Å². The van der Waals surface area contributed by atoms with Crippen LogP contribution in [0.1, 0.15) is 32.6 Å². The number of phenolic OH excluding ortho intramolecular Hbond substituents is 1. The Morgan fingerprint density at radius 2 is 2.10 bits per heavy atom. The number of rotatable bonds is 4. The third-order valence-electron chi connectivity index (χ3n) is 6.90. The highest BCUT2D eigenvalue weighted by molar-refractivity contribution is 5.68. The highest BCUT2D eigenvalue weighted by atomic mass is 19.1. The standard InChI is InChI=1S/C23H26FN5O2/c1-23-9-3-4-18(28(23)2)22(24)20(13-23)31-21-8-7-17(26-27-21)16-6-5-15(12-19(16)30)29-11-10-25-14-29/h5-8,10-12,14,18,20,22,30H,3-4,9,13H2,1-2H3/t18?,20-,22-,23-/m1/s1. The van der Waals surface area contributed by atoms with Crippen molar-refractivity contribution in [3.05, 3.63) is 49.1 Å². The van der Waals surface area contributed by atoms with Crippen molar-refractivity contribution < 1.29 is 14.2 Å². The van der Waals surface area contributed by atoms with Crippen molar-refractivity contribution in [1.82, 2.24) is 24.6 Å². The predicted molar refractivity (Wildman–Crippen MR) is 114 cm³/mol. The highest BCUT2D eigenvalue weighted by Gasteiger charge is 2.51. The molecule has 2 aliphatic heterocycles. The summed E-state index contributed by atoms with van der Waals surface area (Å²) in [6.45, 7) is 2.19. The van der Waals surface area contributed by atoms with E-state index in [1.54, 1.807) is 47.6 Å². The van der Waals surface area contributed by atoms with E-state index in [1.807, 2.05) is 13.1 Å². The Bertz CT molecular complexity index is 1060. The number of fused-ring (bicyclic) bond motifs is 2. The Hall–Kier alpha value is -3.00. The molecule has 8 heteroatoms. The second-order valence-corrected chi connectivity index (χ2v) is 8.80. The van der Waals surface area contributed by atoms with Crippen LogP contribution >= 0.6 is 0 Å². The Kier molecular flexibility index (Phi) is 4.89. The van der Waals surface area contributed by atoms with E-state index in [1.165, 1.54) is 0 Å². The fourth-order valence-electron chi connectivity index (χ4n) is 4.97. The molecular formula is C23H26FN5O2. The van der Waals surface area contributed by atoms with E-state index in [9.17, 15) is 5.11 Å². The van der Waals surface area contributed by atoms with Crippen molar-refractivity contribution in [3.8, 4) is 28.6 Å². The topological polar surface area (TPSA) is 76.3 Å². The lowest BCUT2D eigenvalue weighted by Crippen LogP contribution is -2.65. The van der Waals surface area contributed by atoms with Gasteiger partial charge in [0.25, 0.3) is 0 Å². The zero-order chi connectivity index (χ0) is 21.6. The number of hydrogen-bond acceptors (Lipinski definition) is 6. The summed E-state index contributed by atoms with van der Waals surface area (Å²) in [5, 5.41) is 18.8. The fourth-order valence-corrected chi connectivity index (χ4v) is 4.97. The van der Waals surface area contributed by atoms with Crippen LogP contribution in [0.3, 0.4) is 0 Å². The molecule has 5 rings (SSSR count). The number of hydrogen-bond donors (Lipinski definition) is 1. The van der Waals surface area contributed by atoms with Gasteiger partial charge in [0.2, 0.25) is 5.88 Å². The Balaban J connectivity index is 1.33. The van der Waals surface area contributed by atoms with Gasteiger partial charge in [-0.25, -0.2) is 9.37 Å². The zero-order valence-electron chi connectivity index (χ0n) is 17.6. The summed E-state index contributed by atoms with van der Waals surface area (Å²) >= 11 is 0. The van der Waals surface area contributed by atoms with Crippen molar-refractivity contribution in [2.24, 2.45) is 0 Å². The van der Waals surface area contributed by atoms with Crippen LogP contribution in [0.25, 0.3) is 16.9 Å². The van der Waals surface area contributed by atoms with E-state index in [0.29, 0.717) is 23.6 Å². The number of imidazole rings is 1. The SMILES string of the molecule is CN1C2CCC[C@]1(C)C[C@@H](Oc1ccc(-c3ccc(-n4ccnc4)cc3O)nn1)[C@@H]2F. The van der Waals surface area contributed by atoms with E-state index in [-0.39, 0.29) is 17.3 Å². The maximum atomic E-state index is 15.1. The van der Waals surface area contributed by atoms with Gasteiger partial charge in [-0.15, -0.1) is 10.2 Å². The smallest absolute Gasteiger partial charge is 0.233 e. The normalized spacial score (nSPS) is 28.4. The van der Waals surface area contributed by atoms with Gasteiger partial charge in [0.05, 0.1) is 17.7 Å². The third-order valence-corrected chi connectivity index (χ3v) is 6.90. The summed E-state index contributed by atoms with van der Waals surface area (Å²) in [7, 11) is 2.02. The molecule has 2 aliphatic rings. The molecule has 0 saturated carbocycles. The molecule has 31 heavy (non-hydrogen) atoms. The molecule has 2 aromatic heterocycles. The fraction of sp³-hybridized carbons (Fsp3) is 0.435. The first kappa shape index (κ1) is 19.9. The molecule has 3 aromatic rings. The van der Waals surface area contributed by atoms with Crippen molar-refractivity contribution in [2.75, 3.05) is 7.05 Å². The van der Waals surface area contributed by atoms with Crippen molar-refractivity contribution in [3.63, 3.8) is 0 Å². The Labute approximate surface area is 180 Å². The summed E-state index contributed by atoms with van der Waals surface area (Å²) in [4.78, 5) is 6.20. The number of alkyl halides is 1. The number of halogens is 1. The molecule has 0 amide bonds. The van der Waals surface area contributed by atoms with Crippen LogP contribution in [0.5, 0.6) is 11.6 Å². The molecule has 4 heterocycles. The number of phenols is 1. The lowest BCUT2D eigenvalue weighted by molar-refractivity contribution is -0.105. The molecule has 7 nitrogen and oxygen atoms in total. The van der Waals surface area contributed by atoms with Crippen LogP contribution in [0.4, 0.5) is 4.39 Å². The molecule has 1 unspecified atom stereocenters. The van der Waals surface area contributed by atoms with Crippen LogP contribution in [0.2, 0.25) is 0 Å². The molecular weight excluding hydrogens is 397 g/mol. The zero-order valence-corrected chi connectivity index (χ0v) is 17.6. The maximum absolute atomic E-state index is 15.1. The van der Waals surface area contributed by atoms with Crippen LogP contribution in [0.15, 0.2) is 49.1 Å². The first-order chi connectivity index (χ1) is 14.9. The maximum Gasteiger partial charge on any atom is 0.233 e. The molecule has 0 radical (unpaired) electrons. The monoisotopic (exact) mass is 423 g/mol. The summed E-state index contributed by atoms with van der Waals surface area (Å²) in [6.07, 6.45) is 7.13. The van der Waals surface area contributed by atoms with E-state index in [4.69, 9.17) is 4.74 Å². The summed E-state index contributed by atoms with van der Waals surface area (Å²) in [5.41, 5.74) is 1.83. The minimum absolute atomic E-state index is 0.0493. The van der Waals surface area contributed by atoms with Gasteiger partial charge >= 0.3 is 0 Å². The first-order valence-corrected chi connectivity index (χ1v) is 10.6. The summed E-state index contributed by atoms with van der Waals surface area (Å²) in [5.74, 6) is 0.395. The summed E-state index contributed by atoms with van der Waals surface area (Å²) in [6, 6.07) is 8.61. The van der Waals surface area contributed by atoms with Crippen molar-refractivity contribution in [2.45, 2.75) is 56.5 Å². The lowest BCUT2D eigenvalue weighted by atomic mass is 9.74. The average Bonchev–Trinajstić information content (AvgIpc) is 3.29. The lowest BCUT2D eigenvalue weighted by Gasteiger charge is -2.54. The first-order valence-electron chi connectivity index (χ1n) is 10.6. The van der Waals surface area contributed by atoms with E-state index in [2.05, 4.69) is 27.0 Å². The van der Waals surface area contributed by atoms with Crippen molar-refractivity contribution >= 4 is 0 Å². The Morgan fingerprint density at radius 1 is 1.23 bits per heavy atom. The van der Waals surface area contributed by atoms with Gasteiger partial charge < -0.3 is 14.4 Å². The molecule has 4 atom stereocenters. The number of aromatic hydroxyl groups is 1. The number of aromatic nitrogens is 4. The van der Waals surface area contributed by atoms with Crippen LogP contribution in [-0.2, 0) is 0 Å². The molecule has 2 saturated heterocycles. The molecule has 162 valence electrons. The summed E-state index contributed by atoms with van der Waals surface area (Å²) < 4.78 is 22.9. The number of benzene rings is 1. The molecule has 2 fully saturated rings. The Morgan fingerprint density at radius 3 is 2.81 bits per heavy atom. The molecule has 1 N–H and O–H groups in total. The van der Waals surface area contributed by atoms with Crippen LogP contribution in [-0.4, -0.2) is 60.7 Å². The molecule has 1 aromatic carbocycles. The highest BCUT2D eigenvalue weighted by Crippen LogP contribution is 2.43. The third kappa shape index (κ3) is 3.54. The van der Waals surface area contributed by atoms with Crippen molar-refractivity contribution in [1.29, 1.82) is 0 Å². The van der Waals surface area contributed by atoms with Gasteiger partial charge in [0.1, 0.15) is 11.9 Å². The van der Waals surface area contributed by atoms with Gasteiger partial charge in [-0.2, -0.15) is 0 Å². The molecule has 2 bridgehead atoms. The van der Waals surface area contributed by atoms with Gasteiger partial charge in [-0.3, -0.25) is 4.90 Å². The molecule has 0 aliphatic carbocycles. The quantitative estimate of drug-likeness (QED) is 0.689. The number of nitrogens with zero attached hydrogens (tertiary/aromatic N) is 5. The van der Waals surface area contributed by atoms with Gasteiger partial charge in [-0.05, 0) is 51.4 Å². The number of piperidine rings is 2. The van der Waals surface area contributed by atoms with Gasteiger partial charge in [0.15, 0.2) is 6.17 Å². The average molecular weight is 423 g/mol. The number of ether oxygens (including phenoxy) is 1. The van der Waals surface area contributed by atoms with E-state index in [0.717, 1.165) is 24.9 Å². The van der Waals surface area contributed by atoms with Crippen LogP contribution in [0, 0.1) is 0 Å².